The smallest absolute Gasteiger partial charge is 0.269 e. The van der Waals surface area contributed by atoms with Gasteiger partial charge in [-0.25, -0.2) is 10.4 Å². The fourth-order valence-electron chi connectivity index (χ4n) is 3.98. The maximum Gasteiger partial charge on any atom is 0.269 e. The van der Waals surface area contributed by atoms with Crippen molar-refractivity contribution in [2.24, 2.45) is 0 Å². The minimum Gasteiger partial charge on any atom is -0.354 e. The van der Waals surface area contributed by atoms with Gasteiger partial charge in [0.15, 0.2) is 0 Å². The van der Waals surface area contributed by atoms with Gasteiger partial charge in [-0.1, -0.05) is 19.3 Å². The topological polar surface area (TPSA) is 86.4 Å². The fraction of sp³-hybridized carbons (Fsp3) is 0.450. The summed E-state index contributed by atoms with van der Waals surface area (Å²) in [6, 6.07) is 5.75. The summed E-state index contributed by atoms with van der Waals surface area (Å²) in [6.45, 7) is 1.92. The minimum atomic E-state index is -0.841. The van der Waals surface area contributed by atoms with Crippen molar-refractivity contribution >= 4 is 33.8 Å². The number of hydrogen-bond acceptors (Lipinski definition) is 6. The molecule has 1 aliphatic heterocycles. The minimum absolute atomic E-state index is 0.139. The number of carbonyl (C=O) groups is 2. The molecular weight excluding hydrogens is 374 g/mol. The second-order valence-corrected chi connectivity index (χ2v) is 8.40. The van der Waals surface area contributed by atoms with Crippen LogP contribution in [0.2, 0.25) is 0 Å². The summed E-state index contributed by atoms with van der Waals surface area (Å²) < 4.78 is 0. The van der Waals surface area contributed by atoms with Crippen molar-refractivity contribution in [3.63, 3.8) is 0 Å². The Morgan fingerprint density at radius 1 is 1.25 bits per heavy atom. The summed E-state index contributed by atoms with van der Waals surface area (Å²) in [4.78, 5) is 28.9. The number of amides is 2. The highest BCUT2D eigenvalue weighted by atomic mass is 32.1. The van der Waals surface area contributed by atoms with E-state index in [4.69, 9.17) is 0 Å². The van der Waals surface area contributed by atoms with Gasteiger partial charge in [-0.05, 0) is 43.3 Å². The normalized spacial score (nSPS) is 22.0. The second kappa shape index (κ2) is 7.52. The summed E-state index contributed by atoms with van der Waals surface area (Å²) in [5.74, 6) is -0.395. The summed E-state index contributed by atoms with van der Waals surface area (Å²) >= 11 is 1.67. The molecule has 1 atom stereocenters. The van der Waals surface area contributed by atoms with E-state index >= 15 is 0 Å². The lowest BCUT2D eigenvalue weighted by atomic mass is 9.94. The monoisotopic (exact) mass is 399 g/mol. The molecule has 1 fully saturated rings. The maximum absolute atomic E-state index is 13.2. The highest BCUT2D eigenvalue weighted by molar-refractivity contribution is 7.14. The number of pyridine rings is 1. The molecule has 0 bridgehead atoms. The van der Waals surface area contributed by atoms with E-state index in [9.17, 15) is 9.59 Å². The number of rotatable bonds is 4. The molecule has 2 aliphatic rings. The fourth-order valence-corrected chi connectivity index (χ4v) is 5.02. The molecule has 2 amide bonds. The van der Waals surface area contributed by atoms with Gasteiger partial charge in [0.05, 0.1) is 11.9 Å². The van der Waals surface area contributed by atoms with Gasteiger partial charge < -0.3 is 10.6 Å². The van der Waals surface area contributed by atoms with Crippen LogP contribution in [0.1, 0.15) is 55.1 Å². The third kappa shape index (κ3) is 3.27. The van der Waals surface area contributed by atoms with Crippen molar-refractivity contribution in [2.75, 3.05) is 17.4 Å². The van der Waals surface area contributed by atoms with E-state index < -0.39 is 5.54 Å². The Kier molecular flexibility index (Phi) is 5.07. The van der Waals surface area contributed by atoms with Gasteiger partial charge in [0.2, 0.25) is 0 Å². The zero-order valence-corrected chi connectivity index (χ0v) is 16.9. The Morgan fingerprint density at radius 2 is 2.04 bits per heavy atom. The molecule has 3 heterocycles. The molecule has 1 unspecified atom stereocenters. The zero-order valence-electron chi connectivity index (χ0n) is 16.1. The highest BCUT2D eigenvalue weighted by Crippen LogP contribution is 2.44. The van der Waals surface area contributed by atoms with Gasteiger partial charge in [0, 0.05) is 18.7 Å². The van der Waals surface area contributed by atoms with E-state index in [0.717, 1.165) is 23.4 Å². The Labute approximate surface area is 168 Å². The van der Waals surface area contributed by atoms with Crippen LogP contribution < -0.4 is 21.1 Å². The van der Waals surface area contributed by atoms with Crippen molar-refractivity contribution < 1.29 is 9.59 Å². The number of fused-ring (bicyclic) bond motifs is 1. The van der Waals surface area contributed by atoms with E-state index in [1.807, 2.05) is 18.4 Å². The molecule has 28 heavy (non-hydrogen) atoms. The zero-order chi connectivity index (χ0) is 19.7. The Morgan fingerprint density at radius 3 is 2.71 bits per heavy atom. The first-order valence-electron chi connectivity index (χ1n) is 9.67. The lowest BCUT2D eigenvalue weighted by Gasteiger charge is -2.35. The Bertz CT molecular complexity index is 875. The predicted molar refractivity (Wildman–Crippen MR) is 110 cm³/mol. The van der Waals surface area contributed by atoms with E-state index in [1.165, 1.54) is 25.5 Å². The molecule has 0 radical (unpaired) electrons. The molecule has 3 N–H and O–H groups in total. The summed E-state index contributed by atoms with van der Waals surface area (Å²) in [7, 11) is 1.56. The highest BCUT2D eigenvalue weighted by Gasteiger charge is 2.47. The number of carbonyl (C=O) groups excluding carboxylic acids is 2. The second-order valence-electron chi connectivity index (χ2n) is 7.50. The molecule has 7 nitrogen and oxygen atoms in total. The number of hydrazine groups is 1. The van der Waals surface area contributed by atoms with Gasteiger partial charge in [0.1, 0.15) is 16.2 Å². The van der Waals surface area contributed by atoms with Gasteiger partial charge in [-0.15, -0.1) is 11.3 Å². The predicted octanol–water partition coefficient (Wildman–Crippen LogP) is 3.01. The quantitative estimate of drug-likeness (QED) is 0.736. The van der Waals surface area contributed by atoms with Crippen LogP contribution in [0.15, 0.2) is 29.8 Å². The first kappa shape index (κ1) is 18.9. The van der Waals surface area contributed by atoms with Crippen LogP contribution in [0.25, 0.3) is 0 Å². The van der Waals surface area contributed by atoms with Crippen molar-refractivity contribution in [3.8, 4) is 0 Å². The van der Waals surface area contributed by atoms with Crippen molar-refractivity contribution in [1.82, 2.24) is 15.7 Å². The number of nitrogens with one attached hydrogen (secondary N) is 3. The number of aromatic nitrogens is 1. The van der Waals surface area contributed by atoms with Crippen LogP contribution in [-0.2, 0) is 10.3 Å². The molecular formula is C20H25N5O2S. The third-order valence-electron chi connectivity index (χ3n) is 5.62. The van der Waals surface area contributed by atoms with Crippen LogP contribution in [0.5, 0.6) is 0 Å². The molecule has 4 rings (SSSR count). The molecule has 8 heteroatoms. The number of hydrogen-bond donors (Lipinski definition) is 3. The Balaban J connectivity index is 1.53. The summed E-state index contributed by atoms with van der Waals surface area (Å²) in [5.41, 5.74) is 4.53. The SMILES string of the molecule is CNC(=O)c1ccc(NC(=O)C2(C)NN(C3CCCCC3)c3sccc32)cn1. The van der Waals surface area contributed by atoms with Crippen molar-refractivity contribution in [3.05, 3.63) is 41.0 Å². The molecule has 0 aromatic carbocycles. The maximum atomic E-state index is 13.2. The molecule has 1 saturated carbocycles. The van der Waals surface area contributed by atoms with E-state index in [1.54, 1.807) is 30.5 Å². The largest absolute Gasteiger partial charge is 0.354 e. The average molecular weight is 400 g/mol. The van der Waals surface area contributed by atoms with Crippen LogP contribution in [-0.4, -0.2) is 29.9 Å². The summed E-state index contributed by atoms with van der Waals surface area (Å²) in [5, 5.41) is 10.9. The molecule has 0 saturated heterocycles. The lowest BCUT2D eigenvalue weighted by molar-refractivity contribution is -0.122. The first-order valence-corrected chi connectivity index (χ1v) is 10.6. The number of anilines is 2. The van der Waals surface area contributed by atoms with Crippen LogP contribution in [0.4, 0.5) is 10.7 Å². The summed E-state index contributed by atoms with van der Waals surface area (Å²) in [6.07, 6.45) is 7.55. The van der Waals surface area contributed by atoms with Gasteiger partial charge >= 0.3 is 0 Å². The molecule has 0 spiro atoms. The Hall–Kier alpha value is -2.45. The first-order chi connectivity index (χ1) is 13.5. The van der Waals surface area contributed by atoms with E-state index in [-0.39, 0.29) is 11.8 Å². The third-order valence-corrected chi connectivity index (χ3v) is 6.53. The number of thiophene rings is 1. The van der Waals surface area contributed by atoms with Crippen LogP contribution >= 0.6 is 11.3 Å². The van der Waals surface area contributed by atoms with E-state index in [0.29, 0.717) is 17.4 Å². The van der Waals surface area contributed by atoms with Crippen LogP contribution in [0, 0.1) is 0 Å². The molecule has 2 aromatic heterocycles. The molecule has 2 aromatic rings. The molecule has 1 aliphatic carbocycles. The average Bonchev–Trinajstić information content (AvgIpc) is 3.32. The molecule has 148 valence electrons. The van der Waals surface area contributed by atoms with Gasteiger partial charge in [0.25, 0.3) is 11.8 Å². The standard InChI is InChI=1S/C20H25N5O2S/c1-20(19(27)23-13-8-9-16(22-12-13)17(26)21-2)15-10-11-28-18(15)25(24-20)14-6-4-3-5-7-14/h8-12,14,24H,3-7H2,1-2H3,(H,21,26)(H,23,27). The van der Waals surface area contributed by atoms with Crippen LogP contribution in [0.3, 0.4) is 0 Å². The van der Waals surface area contributed by atoms with Crippen molar-refractivity contribution in [1.29, 1.82) is 0 Å². The lowest BCUT2D eigenvalue weighted by Crippen LogP contribution is -2.54. The van der Waals surface area contributed by atoms with Gasteiger partial charge in [-0.3, -0.25) is 14.6 Å². The van der Waals surface area contributed by atoms with E-state index in [2.05, 4.69) is 26.1 Å². The number of nitrogens with zero attached hydrogens (tertiary/aromatic N) is 2. The van der Waals surface area contributed by atoms with Gasteiger partial charge in [-0.2, -0.15) is 0 Å². The van der Waals surface area contributed by atoms with Crippen molar-refractivity contribution in [2.45, 2.75) is 50.6 Å².